The third kappa shape index (κ3) is 5.25. The molecule has 33 heavy (non-hydrogen) atoms. The Kier molecular flexibility index (Phi) is 6.53. The van der Waals surface area contributed by atoms with E-state index in [4.69, 9.17) is 9.47 Å². The summed E-state index contributed by atoms with van der Waals surface area (Å²) in [5.74, 6) is -0.672. The number of halogens is 2. The Hall–Kier alpha value is -2.78. The molecule has 1 aliphatic rings. The van der Waals surface area contributed by atoms with Crippen LogP contribution in [0.15, 0.2) is 36.5 Å². The number of pyridine rings is 1. The molecule has 4 rings (SSSR count). The number of amides is 1. The molecule has 0 radical (unpaired) electrons. The number of fused-ring (bicyclic) bond motifs is 1. The summed E-state index contributed by atoms with van der Waals surface area (Å²) in [5.41, 5.74) is 1.49. The number of hydrogen-bond donors (Lipinski definition) is 1. The number of ether oxygens (including phenoxy) is 2. The first-order valence-corrected chi connectivity index (χ1v) is 14.7. The third-order valence-corrected chi connectivity index (χ3v) is 7.42. The highest BCUT2D eigenvalue weighted by molar-refractivity contribution is 6.76. The number of nitrogens with one attached hydrogen (secondary N) is 1. The maximum Gasteiger partial charge on any atom is 0.231 e. The van der Waals surface area contributed by atoms with Crippen LogP contribution in [0.4, 0.5) is 14.6 Å². The zero-order valence-electron chi connectivity index (χ0n) is 19.3. The van der Waals surface area contributed by atoms with Crippen molar-refractivity contribution in [3.8, 4) is 16.9 Å². The number of benzene rings is 1. The Morgan fingerprint density at radius 2 is 2.03 bits per heavy atom. The minimum absolute atomic E-state index is 0.233. The fourth-order valence-corrected chi connectivity index (χ4v) is 4.42. The summed E-state index contributed by atoms with van der Waals surface area (Å²) in [7, 11) is 0.250. The van der Waals surface area contributed by atoms with Crippen LogP contribution in [0.3, 0.4) is 0 Å². The first-order valence-electron chi connectivity index (χ1n) is 11.0. The maximum absolute atomic E-state index is 14.9. The first-order chi connectivity index (χ1) is 15.7. The van der Waals surface area contributed by atoms with E-state index in [1.807, 2.05) is 0 Å². The molecule has 0 spiro atoms. The van der Waals surface area contributed by atoms with E-state index in [9.17, 15) is 13.6 Å². The molecule has 0 saturated heterocycles. The number of anilines is 1. The van der Waals surface area contributed by atoms with Crippen LogP contribution in [0, 0.1) is 11.7 Å². The lowest BCUT2D eigenvalue weighted by Gasteiger charge is -2.15. The molecular weight excluding hydrogens is 444 g/mol. The van der Waals surface area contributed by atoms with Crippen LogP contribution in [-0.4, -0.2) is 43.4 Å². The summed E-state index contributed by atoms with van der Waals surface area (Å²) in [6.45, 7) is 7.69. The summed E-state index contributed by atoms with van der Waals surface area (Å²) in [6, 6.07) is 9.12. The van der Waals surface area contributed by atoms with Crippen molar-refractivity contribution in [2.45, 2.75) is 45.0 Å². The molecule has 1 aromatic carbocycles. The molecule has 1 aliphatic carbocycles. The number of rotatable bonds is 9. The highest BCUT2D eigenvalue weighted by Crippen LogP contribution is 2.39. The standard InChI is InChI=1S/C24H29F2N3O3Si/c1-31-20-7-5-6-18(25)22(20)17-13-29(14-32-10-11-33(2,3)4)23-15(17)8-9-21(27-23)28-24(30)16-12-19(16)26/h5-9,13,16,19H,10-12,14H2,1-4H3,(H,27,28,30)/t16-,19+/m0/s1. The van der Waals surface area contributed by atoms with Crippen molar-refractivity contribution in [3.05, 3.63) is 42.3 Å². The molecule has 176 valence electrons. The predicted octanol–water partition coefficient (Wildman–Crippen LogP) is 5.46. The van der Waals surface area contributed by atoms with Gasteiger partial charge >= 0.3 is 0 Å². The van der Waals surface area contributed by atoms with Gasteiger partial charge < -0.3 is 19.4 Å². The quantitative estimate of drug-likeness (QED) is 0.331. The Morgan fingerprint density at radius 3 is 2.70 bits per heavy atom. The highest BCUT2D eigenvalue weighted by Gasteiger charge is 2.43. The van der Waals surface area contributed by atoms with Gasteiger partial charge in [0.2, 0.25) is 5.91 Å². The number of methoxy groups -OCH3 is 1. The molecule has 2 aromatic heterocycles. The molecule has 2 atom stereocenters. The second kappa shape index (κ2) is 9.22. The normalized spacial score (nSPS) is 17.9. The Labute approximate surface area is 192 Å². The number of carbonyl (C=O) groups excluding carboxylic acids is 1. The van der Waals surface area contributed by atoms with Crippen LogP contribution in [0.25, 0.3) is 22.2 Å². The molecular formula is C24H29F2N3O3Si. The van der Waals surface area contributed by atoms with Crippen molar-refractivity contribution in [3.63, 3.8) is 0 Å². The summed E-state index contributed by atoms with van der Waals surface area (Å²) >= 11 is 0. The smallest absolute Gasteiger partial charge is 0.231 e. The Morgan fingerprint density at radius 1 is 1.27 bits per heavy atom. The third-order valence-electron chi connectivity index (χ3n) is 5.71. The van der Waals surface area contributed by atoms with E-state index in [1.54, 1.807) is 35.0 Å². The minimum Gasteiger partial charge on any atom is -0.496 e. The van der Waals surface area contributed by atoms with Gasteiger partial charge in [-0.05, 0) is 36.7 Å². The van der Waals surface area contributed by atoms with Crippen LogP contribution >= 0.6 is 0 Å². The van der Waals surface area contributed by atoms with Crippen molar-refractivity contribution >= 4 is 30.8 Å². The van der Waals surface area contributed by atoms with E-state index in [0.717, 1.165) is 6.04 Å². The molecule has 1 N–H and O–H groups in total. The Bertz CT molecular complexity index is 1180. The maximum atomic E-state index is 14.9. The molecule has 9 heteroatoms. The lowest BCUT2D eigenvalue weighted by Crippen LogP contribution is -2.22. The summed E-state index contributed by atoms with van der Waals surface area (Å²) in [5, 5.41) is 3.38. The van der Waals surface area contributed by atoms with Crippen molar-refractivity contribution < 1.29 is 23.0 Å². The molecule has 0 bridgehead atoms. The second-order valence-corrected chi connectivity index (χ2v) is 15.2. The zero-order valence-corrected chi connectivity index (χ0v) is 20.3. The SMILES string of the molecule is COc1cccc(F)c1-c1cn(COCC[Si](C)(C)C)c2nc(NC(=O)[C@H]3C[C@H]3F)ccc12. The minimum atomic E-state index is -1.25. The molecule has 0 unspecified atom stereocenters. The second-order valence-electron chi connectivity index (χ2n) is 9.59. The van der Waals surface area contributed by atoms with Crippen LogP contribution in [-0.2, 0) is 16.3 Å². The number of aromatic nitrogens is 2. The molecule has 1 amide bonds. The predicted molar refractivity (Wildman–Crippen MR) is 127 cm³/mol. The summed E-state index contributed by atoms with van der Waals surface area (Å²) in [4.78, 5) is 16.8. The number of carbonyl (C=O) groups is 1. The summed E-state index contributed by atoms with van der Waals surface area (Å²) < 4.78 is 41.2. The fraction of sp³-hybridized carbons (Fsp3) is 0.417. The van der Waals surface area contributed by atoms with E-state index in [0.29, 0.717) is 40.3 Å². The van der Waals surface area contributed by atoms with Gasteiger partial charge in [-0.1, -0.05) is 25.7 Å². The van der Waals surface area contributed by atoms with Gasteiger partial charge in [-0.2, -0.15) is 0 Å². The van der Waals surface area contributed by atoms with Gasteiger partial charge in [0.15, 0.2) is 0 Å². The van der Waals surface area contributed by atoms with Crippen molar-refractivity contribution in [1.29, 1.82) is 0 Å². The van der Waals surface area contributed by atoms with Gasteiger partial charge in [-0.15, -0.1) is 0 Å². The van der Waals surface area contributed by atoms with Crippen LogP contribution in [0.1, 0.15) is 6.42 Å². The number of nitrogens with zero attached hydrogens (tertiary/aromatic N) is 2. The molecule has 3 aromatic rings. The van der Waals surface area contributed by atoms with Gasteiger partial charge in [-0.3, -0.25) is 4.79 Å². The molecule has 2 heterocycles. The van der Waals surface area contributed by atoms with E-state index in [2.05, 4.69) is 29.9 Å². The average molecular weight is 474 g/mol. The van der Waals surface area contributed by atoms with E-state index < -0.39 is 26.0 Å². The highest BCUT2D eigenvalue weighted by atomic mass is 28.3. The number of alkyl halides is 1. The fourth-order valence-electron chi connectivity index (χ4n) is 3.66. The monoisotopic (exact) mass is 473 g/mol. The van der Waals surface area contributed by atoms with Gasteiger partial charge in [-0.25, -0.2) is 13.8 Å². The van der Waals surface area contributed by atoms with Crippen LogP contribution in [0.5, 0.6) is 5.75 Å². The van der Waals surface area contributed by atoms with Crippen molar-refractivity contribution in [2.24, 2.45) is 5.92 Å². The molecule has 6 nitrogen and oxygen atoms in total. The van der Waals surface area contributed by atoms with Gasteiger partial charge in [0, 0.05) is 31.8 Å². The lowest BCUT2D eigenvalue weighted by molar-refractivity contribution is -0.117. The molecule has 0 aliphatic heterocycles. The van der Waals surface area contributed by atoms with Gasteiger partial charge in [0.1, 0.15) is 35.9 Å². The first kappa shape index (κ1) is 23.4. The van der Waals surface area contributed by atoms with E-state index in [1.165, 1.54) is 13.2 Å². The summed E-state index contributed by atoms with van der Waals surface area (Å²) in [6.07, 6.45) is 0.946. The van der Waals surface area contributed by atoms with Crippen LogP contribution < -0.4 is 10.1 Å². The Balaban J connectivity index is 1.70. The largest absolute Gasteiger partial charge is 0.496 e. The molecule has 1 saturated carbocycles. The average Bonchev–Trinajstić information content (AvgIpc) is 3.39. The topological polar surface area (TPSA) is 65.4 Å². The van der Waals surface area contributed by atoms with Gasteiger partial charge in [0.25, 0.3) is 0 Å². The van der Waals surface area contributed by atoms with E-state index >= 15 is 0 Å². The lowest BCUT2D eigenvalue weighted by atomic mass is 10.0. The van der Waals surface area contributed by atoms with Crippen LogP contribution in [0.2, 0.25) is 25.7 Å². The van der Waals surface area contributed by atoms with Crippen molar-refractivity contribution in [2.75, 3.05) is 19.0 Å². The van der Waals surface area contributed by atoms with Gasteiger partial charge in [0.05, 0.1) is 18.6 Å². The van der Waals surface area contributed by atoms with Crippen molar-refractivity contribution in [1.82, 2.24) is 9.55 Å². The van der Waals surface area contributed by atoms with E-state index in [-0.39, 0.29) is 19.1 Å². The number of hydrogen-bond acceptors (Lipinski definition) is 4. The zero-order chi connectivity index (χ0) is 23.8. The molecule has 1 fully saturated rings.